The molecule has 1 saturated carbocycles. The second kappa shape index (κ2) is 7.72. The number of benzene rings is 1. The monoisotopic (exact) mass is 357 g/mol. The maximum absolute atomic E-state index is 12.6. The number of nitrogens with one attached hydrogen (secondary N) is 1. The van der Waals surface area contributed by atoms with Crippen molar-refractivity contribution in [2.75, 3.05) is 0 Å². The first-order valence-electron chi connectivity index (χ1n) is 8.91. The van der Waals surface area contributed by atoms with Gasteiger partial charge in [-0.2, -0.15) is 0 Å². The molecule has 0 aliphatic heterocycles. The third-order valence-electron chi connectivity index (χ3n) is 4.84. The predicted molar refractivity (Wildman–Crippen MR) is 96.6 cm³/mol. The first-order valence-corrected chi connectivity index (χ1v) is 8.91. The molecule has 26 heavy (non-hydrogen) atoms. The highest BCUT2D eigenvalue weighted by Crippen LogP contribution is 2.28. The zero-order valence-electron chi connectivity index (χ0n) is 15.0. The number of hydrogen-bond acceptors (Lipinski definition) is 5. The molecule has 2 aromatic rings. The number of amides is 1. The van der Waals surface area contributed by atoms with Gasteiger partial charge in [0.2, 0.25) is 5.91 Å². The molecule has 1 aromatic heterocycles. The van der Waals surface area contributed by atoms with Crippen LogP contribution in [0.1, 0.15) is 43.7 Å². The number of rotatable bonds is 5. The first-order chi connectivity index (χ1) is 12.4. The molecular formula is C20H23NO5. The summed E-state index contributed by atoms with van der Waals surface area (Å²) in [4.78, 5) is 35.8. The number of carbonyl (C=O) groups is 2. The number of carbonyl (C=O) groups excluding carboxylic acids is 2. The molecule has 1 atom stereocenters. The van der Waals surface area contributed by atoms with E-state index in [4.69, 9.17) is 9.15 Å². The SMILES string of the molecule is CC(=O)N[C@H](C(=O)OCc1cc(=O)oc2cc(C)ccc12)C1CCCC1. The quantitative estimate of drug-likeness (QED) is 0.657. The maximum Gasteiger partial charge on any atom is 0.336 e. The summed E-state index contributed by atoms with van der Waals surface area (Å²) >= 11 is 0. The minimum Gasteiger partial charge on any atom is -0.459 e. The van der Waals surface area contributed by atoms with E-state index in [1.807, 2.05) is 19.1 Å². The molecule has 1 N–H and O–H groups in total. The van der Waals surface area contributed by atoms with Crippen LogP contribution in [-0.2, 0) is 20.9 Å². The van der Waals surface area contributed by atoms with E-state index in [9.17, 15) is 14.4 Å². The van der Waals surface area contributed by atoms with Gasteiger partial charge in [-0.25, -0.2) is 9.59 Å². The molecule has 1 heterocycles. The van der Waals surface area contributed by atoms with Gasteiger partial charge in [0.1, 0.15) is 18.2 Å². The summed E-state index contributed by atoms with van der Waals surface area (Å²) < 4.78 is 10.7. The van der Waals surface area contributed by atoms with E-state index in [2.05, 4.69) is 5.32 Å². The van der Waals surface area contributed by atoms with Gasteiger partial charge in [-0.05, 0) is 37.3 Å². The van der Waals surface area contributed by atoms with Crippen molar-refractivity contribution in [1.29, 1.82) is 0 Å². The molecule has 1 aliphatic carbocycles. The van der Waals surface area contributed by atoms with Crippen LogP contribution < -0.4 is 10.9 Å². The van der Waals surface area contributed by atoms with Gasteiger partial charge in [-0.3, -0.25) is 4.79 Å². The van der Waals surface area contributed by atoms with Crippen LogP contribution in [0, 0.1) is 12.8 Å². The zero-order chi connectivity index (χ0) is 18.7. The molecule has 1 amide bonds. The molecule has 3 rings (SSSR count). The van der Waals surface area contributed by atoms with Crippen molar-refractivity contribution >= 4 is 22.8 Å². The van der Waals surface area contributed by atoms with Crippen LogP contribution in [0.5, 0.6) is 0 Å². The Morgan fingerprint density at radius 2 is 2.00 bits per heavy atom. The summed E-state index contributed by atoms with van der Waals surface area (Å²) in [5.41, 5.74) is 1.56. The van der Waals surface area contributed by atoms with Crippen LogP contribution in [0.3, 0.4) is 0 Å². The van der Waals surface area contributed by atoms with Crippen molar-refractivity contribution in [3.63, 3.8) is 0 Å². The number of hydrogen-bond donors (Lipinski definition) is 1. The van der Waals surface area contributed by atoms with Crippen molar-refractivity contribution < 1.29 is 18.7 Å². The number of esters is 1. The Morgan fingerprint density at radius 3 is 2.69 bits per heavy atom. The Morgan fingerprint density at radius 1 is 1.27 bits per heavy atom. The summed E-state index contributed by atoms with van der Waals surface area (Å²) in [6, 6.07) is 6.24. The zero-order valence-corrected chi connectivity index (χ0v) is 15.0. The fourth-order valence-electron chi connectivity index (χ4n) is 3.57. The van der Waals surface area contributed by atoms with Crippen LogP contribution in [-0.4, -0.2) is 17.9 Å². The van der Waals surface area contributed by atoms with E-state index in [-0.39, 0.29) is 18.4 Å². The van der Waals surface area contributed by atoms with Gasteiger partial charge in [0.25, 0.3) is 0 Å². The number of ether oxygens (including phenoxy) is 1. The van der Waals surface area contributed by atoms with Crippen molar-refractivity contribution in [3.05, 3.63) is 45.8 Å². The van der Waals surface area contributed by atoms with E-state index in [0.29, 0.717) is 11.1 Å². The topological polar surface area (TPSA) is 85.6 Å². The van der Waals surface area contributed by atoms with Crippen LogP contribution >= 0.6 is 0 Å². The normalized spacial score (nSPS) is 15.8. The van der Waals surface area contributed by atoms with E-state index < -0.39 is 17.6 Å². The summed E-state index contributed by atoms with van der Waals surface area (Å²) in [7, 11) is 0. The lowest BCUT2D eigenvalue weighted by Crippen LogP contribution is -2.45. The summed E-state index contributed by atoms with van der Waals surface area (Å²) in [6.45, 7) is 3.27. The Bertz CT molecular complexity index is 879. The molecule has 1 aromatic carbocycles. The maximum atomic E-state index is 12.6. The molecule has 6 heteroatoms. The van der Waals surface area contributed by atoms with Gasteiger partial charge in [-0.1, -0.05) is 25.0 Å². The minimum atomic E-state index is -0.636. The van der Waals surface area contributed by atoms with Gasteiger partial charge < -0.3 is 14.5 Å². The lowest BCUT2D eigenvalue weighted by Gasteiger charge is -2.22. The van der Waals surface area contributed by atoms with Gasteiger partial charge >= 0.3 is 11.6 Å². The predicted octanol–water partition coefficient (Wildman–Crippen LogP) is 2.84. The largest absolute Gasteiger partial charge is 0.459 e. The average molecular weight is 357 g/mol. The summed E-state index contributed by atoms with van der Waals surface area (Å²) in [5.74, 6) is -0.604. The molecule has 0 bridgehead atoms. The molecular weight excluding hydrogens is 334 g/mol. The first kappa shape index (κ1) is 18.2. The molecule has 6 nitrogen and oxygen atoms in total. The highest BCUT2D eigenvalue weighted by Gasteiger charge is 2.32. The third-order valence-corrected chi connectivity index (χ3v) is 4.84. The Labute approximate surface area is 151 Å². The highest BCUT2D eigenvalue weighted by atomic mass is 16.5. The Hall–Kier alpha value is -2.63. The van der Waals surface area contributed by atoms with E-state index >= 15 is 0 Å². The third kappa shape index (κ3) is 4.12. The molecule has 1 fully saturated rings. The lowest BCUT2D eigenvalue weighted by molar-refractivity contribution is -0.150. The fourth-order valence-corrected chi connectivity index (χ4v) is 3.57. The van der Waals surface area contributed by atoms with E-state index in [1.54, 1.807) is 6.07 Å². The number of fused-ring (bicyclic) bond motifs is 1. The van der Waals surface area contributed by atoms with Gasteiger partial charge in [0, 0.05) is 23.9 Å². The summed E-state index contributed by atoms with van der Waals surface area (Å²) in [5, 5.41) is 3.46. The van der Waals surface area contributed by atoms with Crippen LogP contribution in [0.15, 0.2) is 33.5 Å². The van der Waals surface area contributed by atoms with Crippen molar-refractivity contribution in [2.45, 2.75) is 52.2 Å². The molecule has 0 unspecified atom stereocenters. The number of aryl methyl sites for hydroxylation is 1. The fraction of sp³-hybridized carbons (Fsp3) is 0.450. The standard InChI is InChI=1S/C20H23NO5/c1-12-7-8-16-15(10-18(23)26-17(16)9-12)11-25-20(24)19(21-13(2)22)14-5-3-4-6-14/h7-10,14,19H,3-6,11H2,1-2H3,(H,21,22)/t19-/m0/s1. The van der Waals surface area contributed by atoms with Crippen LogP contribution in [0.2, 0.25) is 0 Å². The molecule has 0 saturated heterocycles. The highest BCUT2D eigenvalue weighted by molar-refractivity contribution is 5.84. The Balaban J connectivity index is 1.78. The van der Waals surface area contributed by atoms with Crippen LogP contribution in [0.25, 0.3) is 11.0 Å². The minimum absolute atomic E-state index is 0.0349. The van der Waals surface area contributed by atoms with Crippen molar-refractivity contribution in [3.8, 4) is 0 Å². The van der Waals surface area contributed by atoms with Gasteiger partial charge in [0.15, 0.2) is 0 Å². The molecule has 138 valence electrons. The second-order valence-electron chi connectivity index (χ2n) is 6.92. The van der Waals surface area contributed by atoms with Crippen molar-refractivity contribution in [2.24, 2.45) is 5.92 Å². The molecule has 1 aliphatic rings. The van der Waals surface area contributed by atoms with Crippen LogP contribution in [0.4, 0.5) is 0 Å². The molecule has 0 radical (unpaired) electrons. The van der Waals surface area contributed by atoms with Gasteiger partial charge in [-0.15, -0.1) is 0 Å². The lowest BCUT2D eigenvalue weighted by atomic mass is 9.98. The average Bonchev–Trinajstić information content (AvgIpc) is 3.10. The van der Waals surface area contributed by atoms with E-state index in [1.165, 1.54) is 13.0 Å². The van der Waals surface area contributed by atoms with Crippen molar-refractivity contribution in [1.82, 2.24) is 5.32 Å². The van der Waals surface area contributed by atoms with E-state index in [0.717, 1.165) is 36.6 Å². The second-order valence-corrected chi connectivity index (χ2v) is 6.92. The molecule has 0 spiro atoms. The smallest absolute Gasteiger partial charge is 0.336 e. The Kier molecular flexibility index (Phi) is 5.40. The summed E-state index contributed by atoms with van der Waals surface area (Å²) in [6.07, 6.45) is 3.91. The van der Waals surface area contributed by atoms with Gasteiger partial charge in [0.05, 0.1) is 0 Å².